The molecule has 1 unspecified atom stereocenters. The van der Waals surface area contributed by atoms with Crippen molar-refractivity contribution in [3.05, 3.63) is 107 Å². The van der Waals surface area contributed by atoms with Crippen LogP contribution in [0.4, 0.5) is 0 Å². The molecular formula is C36H32N4O6S. The summed E-state index contributed by atoms with van der Waals surface area (Å²) in [5, 5.41) is 15.2. The lowest BCUT2D eigenvalue weighted by Gasteiger charge is -2.32. The van der Waals surface area contributed by atoms with Crippen LogP contribution in [0.1, 0.15) is 31.4 Å². The molecule has 0 aliphatic carbocycles. The van der Waals surface area contributed by atoms with E-state index in [0.29, 0.717) is 28.3 Å². The molecule has 1 saturated heterocycles. The minimum absolute atomic E-state index is 0.00579. The van der Waals surface area contributed by atoms with Gasteiger partial charge in [-0.3, -0.25) is 14.5 Å². The Kier molecular flexibility index (Phi) is 8.54. The Morgan fingerprint density at radius 1 is 0.936 bits per heavy atom. The fraction of sp³-hybridized carbons (Fsp3) is 0.222. The number of sulfone groups is 1. The number of hydrogen-bond acceptors (Lipinski definition) is 8. The van der Waals surface area contributed by atoms with Gasteiger partial charge in [-0.25, -0.2) is 13.1 Å². The number of aromatic nitrogens is 2. The van der Waals surface area contributed by atoms with Crippen molar-refractivity contribution in [1.29, 1.82) is 5.26 Å². The minimum atomic E-state index is -3.45. The summed E-state index contributed by atoms with van der Waals surface area (Å²) in [5.74, 6) is -0.742. The molecule has 3 heterocycles. The van der Waals surface area contributed by atoms with Crippen molar-refractivity contribution < 1.29 is 27.5 Å². The fourth-order valence-corrected chi connectivity index (χ4v) is 7.55. The molecule has 0 bridgehead atoms. The predicted molar refractivity (Wildman–Crippen MR) is 177 cm³/mol. The predicted octanol–water partition coefficient (Wildman–Crippen LogP) is 5.25. The summed E-state index contributed by atoms with van der Waals surface area (Å²) in [4.78, 5) is 29.2. The molecule has 0 spiro atoms. The average Bonchev–Trinajstić information content (AvgIpc) is 3.65. The van der Waals surface area contributed by atoms with E-state index in [1.54, 1.807) is 41.2 Å². The van der Waals surface area contributed by atoms with Gasteiger partial charge in [-0.2, -0.15) is 10.4 Å². The van der Waals surface area contributed by atoms with Gasteiger partial charge in [-0.15, -0.1) is 0 Å². The topological polar surface area (TPSA) is 132 Å². The van der Waals surface area contributed by atoms with Crippen molar-refractivity contribution in [2.45, 2.75) is 32.4 Å². The number of nitriles is 1. The van der Waals surface area contributed by atoms with Gasteiger partial charge in [-0.1, -0.05) is 30.3 Å². The monoisotopic (exact) mass is 648 g/mol. The molecule has 0 radical (unpaired) electrons. The molecule has 1 aromatic heterocycles. The zero-order valence-electron chi connectivity index (χ0n) is 26.1. The van der Waals surface area contributed by atoms with Crippen LogP contribution in [-0.4, -0.2) is 65.7 Å². The summed E-state index contributed by atoms with van der Waals surface area (Å²) in [6, 6.07) is 24.8. The van der Waals surface area contributed by atoms with Crippen LogP contribution in [0.3, 0.4) is 0 Å². The minimum Gasteiger partial charge on any atom is -0.497 e. The van der Waals surface area contributed by atoms with Gasteiger partial charge in [0.1, 0.15) is 23.1 Å². The van der Waals surface area contributed by atoms with Crippen molar-refractivity contribution in [2.75, 3.05) is 18.6 Å². The molecule has 2 amide bonds. The molecule has 1 atom stereocenters. The van der Waals surface area contributed by atoms with Gasteiger partial charge < -0.3 is 9.47 Å². The van der Waals surface area contributed by atoms with E-state index in [1.807, 2.05) is 74.5 Å². The van der Waals surface area contributed by atoms with Gasteiger partial charge in [-0.05, 0) is 80.4 Å². The molecule has 4 aromatic rings. The maximum atomic E-state index is 14.4. The maximum absolute atomic E-state index is 14.4. The van der Waals surface area contributed by atoms with Crippen molar-refractivity contribution in [2.24, 2.45) is 0 Å². The van der Waals surface area contributed by atoms with Crippen LogP contribution in [-0.2, 0) is 19.4 Å². The smallest absolute Gasteiger partial charge is 0.272 e. The second-order valence-corrected chi connectivity index (χ2v) is 13.8. The first-order valence-corrected chi connectivity index (χ1v) is 16.9. The number of methoxy groups -OCH3 is 1. The first-order chi connectivity index (χ1) is 22.6. The molecule has 11 heteroatoms. The molecule has 2 aliphatic heterocycles. The summed E-state index contributed by atoms with van der Waals surface area (Å²) in [7, 11) is -1.93. The Bertz CT molecular complexity index is 2060. The number of carbonyl (C=O) groups excluding carboxylic acids is 2. The first-order valence-electron chi connectivity index (χ1n) is 15.1. The third kappa shape index (κ3) is 6.33. The number of benzene rings is 3. The average molecular weight is 649 g/mol. The summed E-state index contributed by atoms with van der Waals surface area (Å²) in [6.45, 7) is 3.89. The number of ether oxygens (including phenoxy) is 2. The van der Waals surface area contributed by atoms with Gasteiger partial charge in [0.05, 0.1) is 47.7 Å². The summed E-state index contributed by atoms with van der Waals surface area (Å²) in [5.41, 5.74) is 3.06. The second kappa shape index (κ2) is 12.7. The van der Waals surface area contributed by atoms with Crippen LogP contribution in [0, 0.1) is 11.3 Å². The van der Waals surface area contributed by atoms with E-state index in [0.717, 1.165) is 16.2 Å². The third-order valence-corrected chi connectivity index (χ3v) is 9.78. The van der Waals surface area contributed by atoms with E-state index < -0.39 is 27.7 Å². The van der Waals surface area contributed by atoms with E-state index in [9.17, 15) is 23.3 Å². The zero-order chi connectivity index (χ0) is 33.3. The van der Waals surface area contributed by atoms with Gasteiger partial charge in [0, 0.05) is 22.9 Å². The normalized spacial score (nSPS) is 18.6. The Morgan fingerprint density at radius 3 is 2.19 bits per heavy atom. The van der Waals surface area contributed by atoms with E-state index in [1.165, 1.54) is 7.11 Å². The molecule has 238 valence electrons. The lowest BCUT2D eigenvalue weighted by Crippen LogP contribution is -2.49. The van der Waals surface area contributed by atoms with Crippen LogP contribution < -0.4 is 9.47 Å². The highest BCUT2D eigenvalue weighted by molar-refractivity contribution is 7.91. The number of imide groups is 1. The largest absolute Gasteiger partial charge is 0.497 e. The van der Waals surface area contributed by atoms with Gasteiger partial charge in [0.2, 0.25) is 0 Å². The van der Waals surface area contributed by atoms with E-state index in [2.05, 4.69) is 0 Å². The summed E-state index contributed by atoms with van der Waals surface area (Å²) >= 11 is 0. The zero-order valence-corrected chi connectivity index (χ0v) is 26.9. The highest BCUT2D eigenvalue weighted by atomic mass is 32.2. The van der Waals surface area contributed by atoms with E-state index >= 15 is 0 Å². The summed E-state index contributed by atoms with van der Waals surface area (Å²) in [6.07, 6.45) is 3.50. The molecule has 3 aromatic carbocycles. The Balaban J connectivity index is 1.57. The van der Waals surface area contributed by atoms with Crippen LogP contribution in [0.15, 0.2) is 96.2 Å². The molecule has 10 nitrogen and oxygen atoms in total. The van der Waals surface area contributed by atoms with Gasteiger partial charge in [0.15, 0.2) is 9.84 Å². The Labute approximate surface area is 273 Å². The fourth-order valence-electron chi connectivity index (χ4n) is 5.85. The lowest BCUT2D eigenvalue weighted by molar-refractivity contribution is -0.142. The van der Waals surface area contributed by atoms with Gasteiger partial charge >= 0.3 is 0 Å². The number of amides is 2. The van der Waals surface area contributed by atoms with E-state index in [-0.39, 0.29) is 40.7 Å². The van der Waals surface area contributed by atoms with Crippen LogP contribution >= 0.6 is 0 Å². The molecular weight excluding hydrogens is 616 g/mol. The quantitative estimate of drug-likeness (QED) is 0.187. The molecule has 2 aliphatic rings. The highest BCUT2D eigenvalue weighted by Gasteiger charge is 2.45. The van der Waals surface area contributed by atoms with Crippen LogP contribution in [0.5, 0.6) is 11.5 Å². The third-order valence-electron chi connectivity index (χ3n) is 8.03. The van der Waals surface area contributed by atoms with Crippen molar-refractivity contribution in [3.63, 3.8) is 0 Å². The SMILES string of the molecule is COc1ccc(C2=C(C#N)C(=O)N(C3CCS(=O)(=O)C3)C(=O)/C2=C\c2cn(-c3ccccc3)nc2-c2ccc(OC(C)C)cc2)cc1. The van der Waals surface area contributed by atoms with Crippen molar-refractivity contribution in [3.8, 4) is 34.5 Å². The summed E-state index contributed by atoms with van der Waals surface area (Å²) < 4.78 is 37.7. The Morgan fingerprint density at radius 2 is 1.60 bits per heavy atom. The molecule has 1 fully saturated rings. The van der Waals surface area contributed by atoms with Crippen LogP contribution in [0.2, 0.25) is 0 Å². The lowest BCUT2D eigenvalue weighted by atomic mass is 9.86. The van der Waals surface area contributed by atoms with E-state index in [4.69, 9.17) is 14.6 Å². The Hall–Kier alpha value is -5.47. The van der Waals surface area contributed by atoms with Crippen molar-refractivity contribution >= 4 is 33.3 Å². The molecule has 0 N–H and O–H groups in total. The molecule has 6 rings (SSSR count). The standard InChI is InChI=1S/C36H32N4O6S/c1-23(2)46-30-15-11-25(12-16-30)34-26(21-39(38-34)27-7-5-4-6-8-27)19-31-33(24-9-13-29(45-3)14-10-24)32(20-37)36(42)40(35(31)41)28-17-18-47(43,44)22-28/h4-16,19,21,23,28H,17-18,22H2,1-3H3/b31-19-. The first kappa shape index (κ1) is 31.5. The second-order valence-electron chi connectivity index (χ2n) is 11.6. The number of para-hydroxylation sites is 1. The molecule has 0 saturated carbocycles. The van der Waals surface area contributed by atoms with Crippen LogP contribution in [0.25, 0.3) is 28.6 Å². The molecule has 47 heavy (non-hydrogen) atoms. The van der Waals surface area contributed by atoms with Crippen molar-refractivity contribution in [1.82, 2.24) is 14.7 Å². The number of rotatable bonds is 8. The number of carbonyl (C=O) groups is 2. The maximum Gasteiger partial charge on any atom is 0.272 e. The number of hydrogen-bond donors (Lipinski definition) is 0. The highest BCUT2D eigenvalue weighted by Crippen LogP contribution is 2.39. The van der Waals surface area contributed by atoms with Gasteiger partial charge in [0.25, 0.3) is 11.8 Å². The number of nitrogens with zero attached hydrogens (tertiary/aromatic N) is 4.